The van der Waals surface area contributed by atoms with Gasteiger partial charge in [0.15, 0.2) is 6.54 Å². The SMILES string of the molecule is C/C(=N/NC(=O)C[N+](C)(C)C)C(CN(C)C)C(=O)Nc1ccccc1. The summed E-state index contributed by atoms with van der Waals surface area (Å²) in [5.74, 6) is -0.791. The molecule has 1 unspecified atom stereocenters. The number of hydrogen-bond acceptors (Lipinski definition) is 4. The van der Waals surface area contributed by atoms with Crippen molar-refractivity contribution in [3.63, 3.8) is 0 Å². The third-order valence-electron chi connectivity index (χ3n) is 3.38. The second kappa shape index (κ2) is 9.29. The molecule has 0 aliphatic rings. The molecule has 1 atom stereocenters. The van der Waals surface area contributed by atoms with Crippen molar-refractivity contribution in [3.8, 4) is 0 Å². The number of hydrogen-bond donors (Lipinski definition) is 2. The lowest BCUT2D eigenvalue weighted by atomic mass is 10.0. The van der Waals surface area contributed by atoms with Crippen molar-refractivity contribution in [2.24, 2.45) is 11.0 Å². The molecular formula is C18H30N5O2+. The van der Waals surface area contributed by atoms with Crippen LogP contribution in [0.5, 0.6) is 0 Å². The number of para-hydroxylation sites is 1. The smallest absolute Gasteiger partial charge is 0.295 e. The predicted octanol–water partition coefficient (Wildman–Crippen LogP) is 1.00. The molecule has 7 nitrogen and oxygen atoms in total. The summed E-state index contributed by atoms with van der Waals surface area (Å²) in [7, 11) is 9.58. The Morgan fingerprint density at radius 3 is 2.28 bits per heavy atom. The maximum absolute atomic E-state index is 12.6. The molecule has 0 aliphatic carbocycles. The van der Waals surface area contributed by atoms with Gasteiger partial charge in [-0.25, -0.2) is 5.43 Å². The molecule has 1 aromatic rings. The van der Waals surface area contributed by atoms with E-state index in [4.69, 9.17) is 0 Å². The monoisotopic (exact) mass is 348 g/mol. The van der Waals surface area contributed by atoms with Gasteiger partial charge in [0.2, 0.25) is 5.91 Å². The number of rotatable bonds is 8. The van der Waals surface area contributed by atoms with E-state index in [1.54, 1.807) is 6.92 Å². The minimum atomic E-state index is -0.459. The van der Waals surface area contributed by atoms with Gasteiger partial charge in [-0.2, -0.15) is 5.10 Å². The Labute approximate surface area is 150 Å². The predicted molar refractivity (Wildman–Crippen MR) is 101 cm³/mol. The number of hydrazone groups is 1. The standard InChI is InChI=1S/C18H29N5O2/c1-14(20-21-17(24)13-23(4,5)6)16(12-22(2)3)18(25)19-15-10-8-7-9-11-15/h7-11,16H,12-13H2,1-6H3,(H-,19,21,24,25)/p+1/b20-14-. The van der Waals surface area contributed by atoms with E-state index < -0.39 is 5.92 Å². The number of anilines is 1. The van der Waals surface area contributed by atoms with Crippen LogP contribution in [0, 0.1) is 5.92 Å². The van der Waals surface area contributed by atoms with Crippen LogP contribution in [0.1, 0.15) is 6.92 Å². The molecule has 0 heterocycles. The fourth-order valence-corrected chi connectivity index (χ4v) is 2.22. The summed E-state index contributed by atoms with van der Waals surface area (Å²) >= 11 is 0. The van der Waals surface area contributed by atoms with Crippen LogP contribution in [0.15, 0.2) is 35.4 Å². The van der Waals surface area contributed by atoms with Crippen LogP contribution in [-0.2, 0) is 9.59 Å². The van der Waals surface area contributed by atoms with Gasteiger partial charge < -0.3 is 14.7 Å². The number of amides is 2. The maximum atomic E-state index is 12.6. The van der Waals surface area contributed by atoms with E-state index in [1.165, 1.54) is 0 Å². The zero-order valence-electron chi connectivity index (χ0n) is 16.0. The molecule has 7 heteroatoms. The van der Waals surface area contributed by atoms with Crippen molar-refractivity contribution in [1.29, 1.82) is 0 Å². The van der Waals surface area contributed by atoms with Gasteiger partial charge in [-0.3, -0.25) is 9.59 Å². The van der Waals surface area contributed by atoms with Crippen LogP contribution in [0.4, 0.5) is 5.69 Å². The molecule has 2 N–H and O–H groups in total. The Morgan fingerprint density at radius 2 is 1.76 bits per heavy atom. The molecule has 0 aliphatic heterocycles. The molecule has 0 spiro atoms. The second-order valence-electron chi connectivity index (χ2n) is 7.41. The summed E-state index contributed by atoms with van der Waals surface area (Å²) in [6.07, 6.45) is 0. The summed E-state index contributed by atoms with van der Waals surface area (Å²) in [6.45, 7) is 2.56. The van der Waals surface area contributed by atoms with Gasteiger partial charge in [-0.1, -0.05) is 18.2 Å². The lowest BCUT2D eigenvalue weighted by Gasteiger charge is -2.23. The van der Waals surface area contributed by atoms with Gasteiger partial charge in [0.25, 0.3) is 5.91 Å². The van der Waals surface area contributed by atoms with Crippen molar-refractivity contribution in [3.05, 3.63) is 30.3 Å². The summed E-state index contributed by atoms with van der Waals surface area (Å²) in [5, 5.41) is 7.04. The molecule has 0 aromatic heterocycles. The first-order valence-corrected chi connectivity index (χ1v) is 8.22. The first-order valence-electron chi connectivity index (χ1n) is 8.22. The quantitative estimate of drug-likeness (QED) is 0.418. The fraction of sp³-hybridized carbons (Fsp3) is 0.500. The topological polar surface area (TPSA) is 73.8 Å². The van der Waals surface area contributed by atoms with Crippen molar-refractivity contribution in [2.45, 2.75) is 6.92 Å². The average molecular weight is 348 g/mol. The Kier molecular flexibility index (Phi) is 7.73. The van der Waals surface area contributed by atoms with Gasteiger partial charge in [-0.15, -0.1) is 0 Å². The molecule has 0 bridgehead atoms. The second-order valence-corrected chi connectivity index (χ2v) is 7.41. The Morgan fingerprint density at radius 1 is 1.16 bits per heavy atom. The molecule has 1 rings (SSSR count). The van der Waals surface area contributed by atoms with E-state index in [9.17, 15) is 9.59 Å². The highest BCUT2D eigenvalue weighted by Gasteiger charge is 2.23. The summed E-state index contributed by atoms with van der Waals surface area (Å²) in [5.41, 5.74) is 3.85. The number of quaternary nitrogens is 1. The van der Waals surface area contributed by atoms with E-state index in [0.29, 0.717) is 23.3 Å². The molecule has 138 valence electrons. The first-order chi connectivity index (χ1) is 11.6. The largest absolute Gasteiger partial charge is 0.325 e. The highest BCUT2D eigenvalue weighted by atomic mass is 16.2. The van der Waals surface area contributed by atoms with Crippen LogP contribution in [0.3, 0.4) is 0 Å². The van der Waals surface area contributed by atoms with E-state index in [0.717, 1.165) is 5.69 Å². The van der Waals surface area contributed by atoms with Gasteiger partial charge in [-0.05, 0) is 33.2 Å². The first kappa shape index (κ1) is 20.8. The highest BCUT2D eigenvalue weighted by Crippen LogP contribution is 2.10. The summed E-state index contributed by atoms with van der Waals surface area (Å²) in [6, 6.07) is 9.29. The third kappa shape index (κ3) is 8.42. The van der Waals surface area contributed by atoms with Crippen molar-refractivity contribution in [1.82, 2.24) is 10.3 Å². The minimum Gasteiger partial charge on any atom is -0.325 e. The zero-order chi connectivity index (χ0) is 19.0. The van der Waals surface area contributed by atoms with Gasteiger partial charge in [0, 0.05) is 17.9 Å². The molecular weight excluding hydrogens is 318 g/mol. The lowest BCUT2D eigenvalue weighted by molar-refractivity contribution is -0.862. The van der Waals surface area contributed by atoms with Crippen LogP contribution in [-0.4, -0.2) is 75.2 Å². The minimum absolute atomic E-state index is 0.151. The van der Waals surface area contributed by atoms with Gasteiger partial charge >= 0.3 is 0 Å². The van der Waals surface area contributed by atoms with Crippen LogP contribution in [0.25, 0.3) is 0 Å². The van der Waals surface area contributed by atoms with E-state index in [2.05, 4.69) is 15.8 Å². The lowest BCUT2D eigenvalue weighted by Crippen LogP contribution is -2.43. The Bertz CT molecular complexity index is 606. The Hall–Kier alpha value is -2.25. The third-order valence-corrected chi connectivity index (χ3v) is 3.38. The molecule has 0 fully saturated rings. The zero-order valence-corrected chi connectivity index (χ0v) is 16.0. The average Bonchev–Trinajstić information content (AvgIpc) is 2.49. The summed E-state index contributed by atoms with van der Waals surface area (Å²) < 4.78 is 0.510. The van der Waals surface area contributed by atoms with Crippen LogP contribution >= 0.6 is 0 Å². The Balaban J connectivity index is 2.80. The van der Waals surface area contributed by atoms with Crippen molar-refractivity contribution >= 4 is 23.2 Å². The van der Waals surface area contributed by atoms with Crippen molar-refractivity contribution < 1.29 is 14.1 Å². The molecule has 2 amide bonds. The van der Waals surface area contributed by atoms with Crippen LogP contribution < -0.4 is 10.7 Å². The maximum Gasteiger partial charge on any atom is 0.295 e. The van der Waals surface area contributed by atoms with Gasteiger partial charge in [0.05, 0.1) is 27.1 Å². The fourth-order valence-electron chi connectivity index (χ4n) is 2.22. The summed E-state index contributed by atoms with van der Waals surface area (Å²) in [4.78, 5) is 26.5. The van der Waals surface area contributed by atoms with Gasteiger partial charge in [0.1, 0.15) is 0 Å². The van der Waals surface area contributed by atoms with E-state index >= 15 is 0 Å². The number of nitrogens with zero attached hydrogens (tertiary/aromatic N) is 3. The number of benzene rings is 1. The number of nitrogens with one attached hydrogen (secondary N) is 2. The number of carbonyl (C=O) groups is 2. The molecule has 25 heavy (non-hydrogen) atoms. The number of carbonyl (C=O) groups excluding carboxylic acids is 2. The molecule has 0 saturated carbocycles. The normalized spacial score (nSPS) is 13.5. The molecule has 1 aromatic carbocycles. The van der Waals surface area contributed by atoms with E-state index in [1.807, 2.05) is 70.5 Å². The van der Waals surface area contributed by atoms with Crippen molar-refractivity contribution in [2.75, 3.05) is 53.6 Å². The highest BCUT2D eigenvalue weighted by molar-refractivity contribution is 6.08. The number of likely N-dealkylation sites (N-methyl/N-ethyl adjacent to an activating group) is 1. The molecule has 0 saturated heterocycles. The molecule has 0 radical (unpaired) electrons. The van der Waals surface area contributed by atoms with Crippen LogP contribution in [0.2, 0.25) is 0 Å². The van der Waals surface area contributed by atoms with E-state index in [-0.39, 0.29) is 11.8 Å².